The second kappa shape index (κ2) is 7.66. The molecule has 128 valence electrons. The van der Waals surface area contributed by atoms with Crippen molar-refractivity contribution in [1.29, 1.82) is 0 Å². The molecular weight excluding hydrogens is 296 g/mol. The minimum absolute atomic E-state index is 0.103. The molecule has 0 spiro atoms. The van der Waals surface area contributed by atoms with Crippen molar-refractivity contribution in [3.8, 4) is 0 Å². The maximum Gasteiger partial charge on any atom is 0.414 e. The summed E-state index contributed by atoms with van der Waals surface area (Å²) in [6.07, 6.45) is 2.64. The van der Waals surface area contributed by atoms with Crippen LogP contribution in [0.3, 0.4) is 0 Å². The maximum atomic E-state index is 12.1. The molecule has 2 rings (SSSR count). The number of hydrogen-bond acceptors (Lipinski definition) is 5. The van der Waals surface area contributed by atoms with Gasteiger partial charge in [-0.25, -0.2) is 4.79 Å². The Hall–Kier alpha value is -1.79. The molecule has 0 aliphatic carbocycles. The van der Waals surface area contributed by atoms with E-state index in [9.17, 15) is 4.79 Å². The minimum atomic E-state index is -0.343. The number of anilines is 2. The first kappa shape index (κ1) is 17.6. The summed E-state index contributed by atoms with van der Waals surface area (Å²) in [5.74, 6) is 0. The number of carbonyl (C=O) groups excluding carboxylic acids is 1. The van der Waals surface area contributed by atoms with Gasteiger partial charge in [-0.3, -0.25) is 4.90 Å². The number of nitrogens with two attached hydrogens (primary N) is 1. The van der Waals surface area contributed by atoms with Gasteiger partial charge in [-0.15, -0.1) is 0 Å². The molecule has 0 bridgehead atoms. The van der Waals surface area contributed by atoms with Gasteiger partial charge in [0.05, 0.1) is 12.8 Å². The topological polar surface area (TPSA) is 74.0 Å². The van der Waals surface area contributed by atoms with E-state index in [1.54, 1.807) is 19.1 Å². The van der Waals surface area contributed by atoms with Crippen molar-refractivity contribution in [2.24, 2.45) is 0 Å². The van der Waals surface area contributed by atoms with Gasteiger partial charge >= 0.3 is 6.09 Å². The van der Waals surface area contributed by atoms with Crippen LogP contribution in [0.1, 0.15) is 30.9 Å². The van der Waals surface area contributed by atoms with E-state index in [2.05, 4.69) is 0 Å². The standard InChI is InChI=1S/C17H26N2O4/c1-11-5-8-13-14(19(11)17(20)23-4)9-6-12(16(13)18)7-10-15(21-2)22-3/h6,9,11,15H,5,7-8,10,18H2,1-4H3/t11-/m0/s1. The molecule has 23 heavy (non-hydrogen) atoms. The first-order valence-corrected chi connectivity index (χ1v) is 7.86. The Morgan fingerprint density at radius 2 is 2.04 bits per heavy atom. The molecule has 0 unspecified atom stereocenters. The van der Waals surface area contributed by atoms with Crippen LogP contribution in [0.2, 0.25) is 0 Å². The number of benzene rings is 1. The van der Waals surface area contributed by atoms with Gasteiger partial charge in [0.1, 0.15) is 0 Å². The van der Waals surface area contributed by atoms with Gasteiger partial charge in [-0.2, -0.15) is 0 Å². The molecule has 2 N–H and O–H groups in total. The summed E-state index contributed by atoms with van der Waals surface area (Å²) < 4.78 is 15.3. The van der Waals surface area contributed by atoms with E-state index in [1.165, 1.54) is 7.11 Å². The number of methoxy groups -OCH3 is 3. The van der Waals surface area contributed by atoms with Crippen LogP contribution in [0.5, 0.6) is 0 Å². The van der Waals surface area contributed by atoms with Crippen molar-refractivity contribution >= 4 is 17.5 Å². The lowest BCUT2D eigenvalue weighted by Gasteiger charge is -2.35. The summed E-state index contributed by atoms with van der Waals surface area (Å²) >= 11 is 0. The molecule has 0 saturated heterocycles. The molecule has 1 heterocycles. The third-order valence-corrected chi connectivity index (χ3v) is 4.48. The number of nitrogen functional groups attached to an aromatic ring is 1. The Labute approximate surface area is 137 Å². The molecule has 0 saturated carbocycles. The lowest BCUT2D eigenvalue weighted by molar-refractivity contribution is -0.105. The van der Waals surface area contributed by atoms with Crippen LogP contribution in [0, 0.1) is 0 Å². The number of ether oxygens (including phenoxy) is 3. The number of nitrogens with zero attached hydrogens (tertiary/aromatic N) is 1. The number of aryl methyl sites for hydroxylation is 1. The fraction of sp³-hybridized carbons (Fsp3) is 0.588. The van der Waals surface area contributed by atoms with Crippen LogP contribution >= 0.6 is 0 Å². The Kier molecular flexibility index (Phi) is 5.85. The minimum Gasteiger partial charge on any atom is -0.452 e. The van der Waals surface area contributed by atoms with Crippen molar-refractivity contribution < 1.29 is 19.0 Å². The number of rotatable bonds is 5. The molecule has 0 aromatic heterocycles. The van der Waals surface area contributed by atoms with Crippen molar-refractivity contribution in [2.45, 2.75) is 44.9 Å². The largest absolute Gasteiger partial charge is 0.452 e. The van der Waals surface area contributed by atoms with Crippen molar-refractivity contribution in [1.82, 2.24) is 0 Å². The second-order valence-corrected chi connectivity index (χ2v) is 5.80. The molecule has 6 nitrogen and oxygen atoms in total. The van der Waals surface area contributed by atoms with Gasteiger partial charge in [-0.05, 0) is 43.4 Å². The molecule has 6 heteroatoms. The number of carbonyl (C=O) groups is 1. The highest BCUT2D eigenvalue weighted by atomic mass is 16.7. The Bertz CT molecular complexity index is 558. The van der Waals surface area contributed by atoms with Crippen LogP contribution in [0.25, 0.3) is 0 Å². The molecule has 1 aliphatic heterocycles. The van der Waals surface area contributed by atoms with E-state index < -0.39 is 0 Å². The lowest BCUT2D eigenvalue weighted by Crippen LogP contribution is -2.42. The zero-order chi connectivity index (χ0) is 17.0. The van der Waals surface area contributed by atoms with E-state index in [1.807, 2.05) is 19.1 Å². The van der Waals surface area contributed by atoms with E-state index in [4.69, 9.17) is 19.9 Å². The van der Waals surface area contributed by atoms with E-state index in [0.29, 0.717) is 0 Å². The second-order valence-electron chi connectivity index (χ2n) is 5.80. The first-order valence-electron chi connectivity index (χ1n) is 7.86. The molecule has 1 aliphatic rings. The molecular formula is C17H26N2O4. The Morgan fingerprint density at radius 3 is 2.65 bits per heavy atom. The summed E-state index contributed by atoms with van der Waals surface area (Å²) in [6, 6.07) is 4.04. The predicted octanol–water partition coefficient (Wildman–Crippen LogP) is 2.73. The van der Waals surface area contributed by atoms with Crippen molar-refractivity contribution in [3.05, 3.63) is 23.3 Å². The van der Waals surface area contributed by atoms with Crippen LogP contribution < -0.4 is 10.6 Å². The van der Waals surface area contributed by atoms with E-state index in [0.717, 1.165) is 48.2 Å². The van der Waals surface area contributed by atoms with Crippen LogP contribution in [-0.4, -0.2) is 39.8 Å². The Balaban J connectivity index is 2.27. The summed E-state index contributed by atoms with van der Waals surface area (Å²) in [6.45, 7) is 2.02. The average Bonchev–Trinajstić information content (AvgIpc) is 2.56. The number of fused-ring (bicyclic) bond motifs is 1. The molecule has 0 radical (unpaired) electrons. The van der Waals surface area contributed by atoms with E-state index >= 15 is 0 Å². The van der Waals surface area contributed by atoms with Crippen molar-refractivity contribution in [3.63, 3.8) is 0 Å². The van der Waals surface area contributed by atoms with Gasteiger partial charge in [0.25, 0.3) is 0 Å². The van der Waals surface area contributed by atoms with Gasteiger partial charge in [0, 0.05) is 32.4 Å². The van der Waals surface area contributed by atoms with Crippen molar-refractivity contribution in [2.75, 3.05) is 32.0 Å². The highest BCUT2D eigenvalue weighted by Gasteiger charge is 2.30. The van der Waals surface area contributed by atoms with Gasteiger partial charge in [-0.1, -0.05) is 6.07 Å². The fourth-order valence-electron chi connectivity index (χ4n) is 3.11. The summed E-state index contributed by atoms with van der Waals surface area (Å²) in [5, 5.41) is 0. The van der Waals surface area contributed by atoms with Crippen LogP contribution in [0.4, 0.5) is 16.2 Å². The zero-order valence-corrected chi connectivity index (χ0v) is 14.3. The zero-order valence-electron chi connectivity index (χ0n) is 14.3. The third kappa shape index (κ3) is 3.59. The quantitative estimate of drug-likeness (QED) is 0.666. The first-order chi connectivity index (χ1) is 11.0. The number of hydrogen-bond donors (Lipinski definition) is 1. The van der Waals surface area contributed by atoms with Gasteiger partial charge in [0.15, 0.2) is 6.29 Å². The fourth-order valence-corrected chi connectivity index (χ4v) is 3.11. The molecule has 1 atom stereocenters. The maximum absolute atomic E-state index is 12.1. The highest BCUT2D eigenvalue weighted by molar-refractivity contribution is 5.91. The normalized spacial score (nSPS) is 17.3. The van der Waals surface area contributed by atoms with E-state index in [-0.39, 0.29) is 18.4 Å². The summed E-state index contributed by atoms with van der Waals surface area (Å²) in [5.41, 5.74) is 10.1. The molecule has 1 amide bonds. The lowest BCUT2D eigenvalue weighted by atomic mass is 9.92. The third-order valence-electron chi connectivity index (χ3n) is 4.48. The molecule has 0 fully saturated rings. The molecule has 1 aromatic carbocycles. The SMILES string of the molecule is COC(=O)N1c2ccc(CCC(OC)OC)c(N)c2CC[C@@H]1C. The molecule has 1 aromatic rings. The summed E-state index contributed by atoms with van der Waals surface area (Å²) in [4.78, 5) is 13.7. The van der Waals surface area contributed by atoms with Crippen LogP contribution in [0.15, 0.2) is 12.1 Å². The van der Waals surface area contributed by atoms with Gasteiger partial charge < -0.3 is 19.9 Å². The van der Waals surface area contributed by atoms with Gasteiger partial charge in [0.2, 0.25) is 0 Å². The van der Waals surface area contributed by atoms with Crippen LogP contribution in [-0.2, 0) is 27.1 Å². The highest BCUT2D eigenvalue weighted by Crippen LogP contribution is 2.37. The summed E-state index contributed by atoms with van der Waals surface area (Å²) in [7, 11) is 4.65. The average molecular weight is 322 g/mol. The smallest absolute Gasteiger partial charge is 0.414 e. The monoisotopic (exact) mass is 322 g/mol. The Morgan fingerprint density at radius 1 is 1.35 bits per heavy atom. The predicted molar refractivity (Wildman–Crippen MR) is 89.6 cm³/mol. The number of amides is 1.